The highest BCUT2D eigenvalue weighted by atomic mass is 19.4. The van der Waals surface area contributed by atoms with E-state index >= 15 is 0 Å². The highest BCUT2D eigenvalue weighted by molar-refractivity contribution is 5.88. The molecule has 2 amide bonds. The highest BCUT2D eigenvalue weighted by Gasteiger charge is 2.41. The van der Waals surface area contributed by atoms with Crippen molar-refractivity contribution in [3.8, 4) is 0 Å². The summed E-state index contributed by atoms with van der Waals surface area (Å²) in [5.74, 6) is -7.66. The van der Waals surface area contributed by atoms with Crippen LogP contribution < -0.4 is 10.6 Å². The van der Waals surface area contributed by atoms with Crippen LogP contribution in [0, 0.1) is 11.6 Å². The Bertz CT molecular complexity index is 1130. The van der Waals surface area contributed by atoms with E-state index in [9.17, 15) is 46.5 Å². The second kappa shape index (κ2) is 11.5. The summed E-state index contributed by atoms with van der Waals surface area (Å²) in [6.45, 7) is 4.68. The molecule has 4 N–H and O–H groups in total. The Morgan fingerprint density at radius 2 is 1.57 bits per heavy atom. The Balaban J connectivity index is 2.36. The van der Waals surface area contributed by atoms with E-state index in [4.69, 9.17) is 4.74 Å². The number of halogens is 5. The van der Waals surface area contributed by atoms with E-state index < -0.39 is 70.7 Å². The van der Waals surface area contributed by atoms with E-state index in [1.54, 1.807) is 56.4 Å². The van der Waals surface area contributed by atoms with Gasteiger partial charge < -0.3 is 25.6 Å². The zero-order chi connectivity index (χ0) is 28.1. The van der Waals surface area contributed by atoms with Crippen LogP contribution in [0.5, 0.6) is 0 Å². The van der Waals surface area contributed by atoms with Crippen LogP contribution in [0.2, 0.25) is 0 Å². The van der Waals surface area contributed by atoms with Crippen molar-refractivity contribution in [1.82, 2.24) is 10.6 Å². The summed E-state index contributed by atoms with van der Waals surface area (Å²) >= 11 is 0. The summed E-state index contributed by atoms with van der Waals surface area (Å²) in [6.07, 6.45) is -8.81. The van der Waals surface area contributed by atoms with E-state index in [1.807, 2.05) is 0 Å². The van der Waals surface area contributed by atoms with Gasteiger partial charge in [0.1, 0.15) is 22.8 Å². The number of carbonyl (C=O) groups is 3. The number of benzene rings is 2. The summed E-state index contributed by atoms with van der Waals surface area (Å²) < 4.78 is 72.6. The average molecular weight is 532 g/mol. The van der Waals surface area contributed by atoms with E-state index in [2.05, 4.69) is 5.32 Å². The Kier molecular flexibility index (Phi) is 9.20. The van der Waals surface area contributed by atoms with Gasteiger partial charge in [-0.15, -0.1) is 0 Å². The lowest BCUT2D eigenvalue weighted by atomic mass is 9.99. The number of alkyl carbamates (subject to hydrolysis) is 1. The van der Waals surface area contributed by atoms with Crippen molar-refractivity contribution in [2.45, 2.75) is 57.2 Å². The third-order valence-corrected chi connectivity index (χ3v) is 4.90. The molecule has 202 valence electrons. The molecule has 0 aromatic heterocycles. The van der Waals surface area contributed by atoms with Gasteiger partial charge in [0.2, 0.25) is 0 Å². The number of ether oxygens (including phenoxy) is 1. The fraction of sp³-hybridized carbons (Fsp3) is 0.375. The number of nitrogens with one attached hydrogen (secondary N) is 2. The Morgan fingerprint density at radius 3 is 2.08 bits per heavy atom. The fourth-order valence-corrected chi connectivity index (χ4v) is 3.30. The van der Waals surface area contributed by atoms with E-state index in [0.717, 1.165) is 0 Å². The second-order valence-electron chi connectivity index (χ2n) is 8.99. The third kappa shape index (κ3) is 8.13. The van der Waals surface area contributed by atoms with Crippen LogP contribution in [0.15, 0.2) is 42.5 Å². The third-order valence-electron chi connectivity index (χ3n) is 4.90. The number of aliphatic carboxylic acids is 1. The molecule has 0 spiro atoms. The standard InChI is InChI=1S/C24H25F5N2O6/c1-23(2,3)37-22(36)30-15(11-12-7-5-4-6-8-12)19(32)20(33)31-18(21(34)35)13-9-10-14(25)16(17(13)26)24(27,28)29/h4-10,15,18-19,32H,11H2,1-3H3,(H,30,36)(H,31,33)(H,34,35)/t15-,18-,19+/m1/s1. The number of amides is 2. The molecule has 2 rings (SSSR count). The zero-order valence-corrected chi connectivity index (χ0v) is 19.9. The van der Waals surface area contributed by atoms with Gasteiger partial charge in [-0.2, -0.15) is 13.2 Å². The molecule has 8 nitrogen and oxygen atoms in total. The molecule has 0 aliphatic rings. The number of carboxylic acid groups (broad SMARTS) is 1. The van der Waals surface area contributed by atoms with Crippen LogP contribution in [-0.2, 0) is 26.9 Å². The topological polar surface area (TPSA) is 125 Å². The highest BCUT2D eigenvalue weighted by Crippen LogP contribution is 2.36. The monoisotopic (exact) mass is 532 g/mol. The first kappa shape index (κ1) is 29.5. The lowest BCUT2D eigenvalue weighted by molar-refractivity contribution is -0.145. The molecule has 0 unspecified atom stereocenters. The zero-order valence-electron chi connectivity index (χ0n) is 19.9. The van der Waals surface area contributed by atoms with Crippen LogP contribution >= 0.6 is 0 Å². The molecular weight excluding hydrogens is 507 g/mol. The molecule has 2 aromatic rings. The Hall–Kier alpha value is -3.74. The molecule has 0 saturated carbocycles. The van der Waals surface area contributed by atoms with E-state index in [0.29, 0.717) is 11.6 Å². The maximum absolute atomic E-state index is 14.6. The Labute approximate surface area is 208 Å². The molecule has 0 bridgehead atoms. The van der Waals surface area contributed by atoms with Crippen molar-refractivity contribution in [1.29, 1.82) is 0 Å². The van der Waals surface area contributed by atoms with Crippen LogP contribution in [0.1, 0.15) is 43.5 Å². The number of aliphatic hydroxyl groups is 1. The number of hydrogen-bond acceptors (Lipinski definition) is 5. The van der Waals surface area contributed by atoms with Crippen molar-refractivity contribution in [3.05, 3.63) is 70.8 Å². The van der Waals surface area contributed by atoms with Crippen LogP contribution in [0.3, 0.4) is 0 Å². The molecule has 0 radical (unpaired) electrons. The molecule has 2 aromatic carbocycles. The molecule has 37 heavy (non-hydrogen) atoms. The number of rotatable bonds is 8. The summed E-state index contributed by atoms with van der Waals surface area (Å²) in [5, 5.41) is 24.2. The summed E-state index contributed by atoms with van der Waals surface area (Å²) in [6, 6.07) is 5.02. The molecule has 0 fully saturated rings. The van der Waals surface area contributed by atoms with Crippen LogP contribution in [0.4, 0.5) is 26.7 Å². The van der Waals surface area contributed by atoms with Crippen molar-refractivity contribution in [2.24, 2.45) is 0 Å². The lowest BCUT2D eigenvalue weighted by Crippen LogP contribution is -2.53. The van der Waals surface area contributed by atoms with Gasteiger partial charge in [0.25, 0.3) is 5.91 Å². The molecule has 0 aliphatic heterocycles. The summed E-state index contributed by atoms with van der Waals surface area (Å²) in [7, 11) is 0. The molecule has 0 heterocycles. The maximum Gasteiger partial charge on any atom is 0.422 e. The number of hydrogen-bond donors (Lipinski definition) is 4. The van der Waals surface area contributed by atoms with Gasteiger partial charge in [0, 0.05) is 5.56 Å². The van der Waals surface area contributed by atoms with Crippen LogP contribution in [-0.4, -0.2) is 45.9 Å². The van der Waals surface area contributed by atoms with Gasteiger partial charge in [-0.3, -0.25) is 4.79 Å². The average Bonchev–Trinajstić information content (AvgIpc) is 2.75. The minimum absolute atomic E-state index is 0.143. The molecule has 0 saturated heterocycles. The first-order chi connectivity index (χ1) is 17.0. The van der Waals surface area contributed by atoms with E-state index in [1.165, 1.54) is 0 Å². The van der Waals surface area contributed by atoms with Gasteiger partial charge in [0.05, 0.1) is 6.04 Å². The molecular formula is C24H25F5N2O6. The van der Waals surface area contributed by atoms with Gasteiger partial charge in [-0.1, -0.05) is 36.4 Å². The van der Waals surface area contributed by atoms with Crippen molar-refractivity contribution < 1.29 is 51.3 Å². The fourth-order valence-electron chi connectivity index (χ4n) is 3.30. The minimum Gasteiger partial charge on any atom is -0.479 e. The first-order valence-corrected chi connectivity index (χ1v) is 10.8. The minimum atomic E-state index is -5.49. The quantitative estimate of drug-likeness (QED) is 0.384. The molecule has 13 heteroatoms. The predicted molar refractivity (Wildman–Crippen MR) is 119 cm³/mol. The normalized spacial score (nSPS) is 14.3. The van der Waals surface area contributed by atoms with E-state index in [-0.39, 0.29) is 12.5 Å². The second-order valence-corrected chi connectivity index (χ2v) is 8.99. The number of carbonyl (C=O) groups excluding carboxylic acids is 2. The van der Waals surface area contributed by atoms with Crippen LogP contribution in [0.25, 0.3) is 0 Å². The van der Waals surface area contributed by atoms with Crippen molar-refractivity contribution >= 4 is 18.0 Å². The number of alkyl halides is 3. The Morgan fingerprint density at radius 1 is 0.973 bits per heavy atom. The molecule has 0 aliphatic carbocycles. The first-order valence-electron chi connectivity index (χ1n) is 10.8. The van der Waals surface area contributed by atoms with Gasteiger partial charge in [-0.25, -0.2) is 18.4 Å². The number of aliphatic hydroxyl groups excluding tert-OH is 1. The van der Waals surface area contributed by atoms with Gasteiger partial charge in [-0.05, 0) is 38.8 Å². The summed E-state index contributed by atoms with van der Waals surface area (Å²) in [4.78, 5) is 36.8. The SMILES string of the molecule is CC(C)(C)OC(=O)N[C@H](Cc1ccccc1)[C@H](O)C(=O)N[C@@H](C(=O)O)c1ccc(F)c(C(F)(F)F)c1F. The maximum atomic E-state index is 14.6. The molecule has 3 atom stereocenters. The summed E-state index contributed by atoms with van der Waals surface area (Å²) in [5.41, 5.74) is -3.93. The predicted octanol–water partition coefficient (Wildman–Crippen LogP) is 3.72. The van der Waals surface area contributed by atoms with Gasteiger partial charge >= 0.3 is 18.2 Å². The number of carboxylic acids is 1. The van der Waals surface area contributed by atoms with Gasteiger partial charge in [0.15, 0.2) is 12.1 Å². The largest absolute Gasteiger partial charge is 0.479 e. The van der Waals surface area contributed by atoms with Crippen molar-refractivity contribution in [2.75, 3.05) is 0 Å². The smallest absolute Gasteiger partial charge is 0.422 e. The lowest BCUT2D eigenvalue weighted by Gasteiger charge is -2.27. The van der Waals surface area contributed by atoms with Crippen molar-refractivity contribution in [3.63, 3.8) is 0 Å².